The lowest BCUT2D eigenvalue weighted by atomic mass is 9.75. The zero-order valence-electron chi connectivity index (χ0n) is 16.2. The van der Waals surface area contributed by atoms with Gasteiger partial charge in [0.2, 0.25) is 10.0 Å². The monoisotopic (exact) mass is 405 g/mol. The molecule has 5 nitrogen and oxygen atoms in total. The van der Waals surface area contributed by atoms with Crippen LogP contribution in [0.2, 0.25) is 0 Å². The number of aromatic nitrogens is 1. The third-order valence-corrected chi connectivity index (χ3v) is 7.84. The maximum atomic E-state index is 13.0. The highest BCUT2D eigenvalue weighted by molar-refractivity contribution is 7.89. The lowest BCUT2D eigenvalue weighted by Crippen LogP contribution is -2.72. The van der Waals surface area contributed by atoms with Crippen molar-refractivity contribution < 1.29 is 8.42 Å². The summed E-state index contributed by atoms with van der Waals surface area (Å²) >= 11 is 0. The first-order chi connectivity index (χ1) is 14.0. The van der Waals surface area contributed by atoms with Crippen molar-refractivity contribution in [2.24, 2.45) is 0 Å². The Bertz CT molecular complexity index is 1120. The van der Waals surface area contributed by atoms with Gasteiger partial charge in [0.05, 0.1) is 4.90 Å². The Hall–Kier alpha value is -2.54. The molecule has 0 saturated carbocycles. The van der Waals surface area contributed by atoms with Crippen molar-refractivity contribution in [2.75, 3.05) is 13.1 Å². The van der Waals surface area contributed by atoms with Gasteiger partial charge in [0, 0.05) is 43.5 Å². The molecule has 1 unspecified atom stereocenters. The molecule has 1 N–H and O–H groups in total. The van der Waals surface area contributed by atoms with E-state index < -0.39 is 10.0 Å². The molecule has 1 aromatic heterocycles. The highest BCUT2D eigenvalue weighted by Gasteiger charge is 2.49. The van der Waals surface area contributed by atoms with E-state index >= 15 is 0 Å². The molecule has 4 heterocycles. The van der Waals surface area contributed by atoms with Crippen molar-refractivity contribution in [3.8, 4) is 11.1 Å². The number of hydrogen-bond acceptors (Lipinski definition) is 4. The number of pyridine rings is 1. The van der Waals surface area contributed by atoms with Crippen LogP contribution in [0.3, 0.4) is 0 Å². The number of aryl methyl sites for hydroxylation is 1. The molecule has 0 amide bonds. The number of rotatable bonds is 4. The zero-order valence-corrected chi connectivity index (χ0v) is 17.0. The summed E-state index contributed by atoms with van der Waals surface area (Å²) in [7, 11) is -3.45. The van der Waals surface area contributed by atoms with Gasteiger partial charge in [-0.2, -0.15) is 4.31 Å². The normalized spacial score (nSPS) is 24.1. The Labute approximate surface area is 171 Å². The van der Waals surface area contributed by atoms with Crippen LogP contribution in [-0.2, 0) is 10.0 Å². The van der Waals surface area contributed by atoms with Crippen LogP contribution >= 0.6 is 0 Å². The van der Waals surface area contributed by atoms with Gasteiger partial charge in [0.1, 0.15) is 0 Å². The van der Waals surface area contributed by atoms with Gasteiger partial charge in [-0.25, -0.2) is 8.42 Å². The highest BCUT2D eigenvalue weighted by atomic mass is 32.2. The SMILES string of the molecule is Cc1cccc(S(=O)(=O)N2C[C@@H]3N[C@H](C2)C3c2ccc(-c3cccnc3)cc2)c1. The van der Waals surface area contributed by atoms with Gasteiger partial charge in [0.15, 0.2) is 0 Å². The molecule has 6 rings (SSSR count). The molecular formula is C23H23N3O2S. The number of piperazine rings is 1. The Kier molecular flexibility index (Phi) is 4.50. The molecule has 3 fully saturated rings. The molecule has 2 aromatic carbocycles. The summed E-state index contributed by atoms with van der Waals surface area (Å²) in [5.74, 6) is 0.349. The average Bonchev–Trinajstić information content (AvgIpc) is 2.75. The van der Waals surface area contributed by atoms with Crippen molar-refractivity contribution in [2.45, 2.75) is 29.8 Å². The first kappa shape index (κ1) is 18.5. The number of benzene rings is 2. The van der Waals surface area contributed by atoms with Crippen molar-refractivity contribution in [3.63, 3.8) is 0 Å². The van der Waals surface area contributed by atoms with Gasteiger partial charge in [-0.15, -0.1) is 0 Å². The standard InChI is InChI=1S/C23H23N3O2S/c1-16-4-2-6-20(12-16)29(27,28)26-14-21-23(22(15-26)25-21)18-9-7-17(8-10-18)19-5-3-11-24-13-19/h2-13,21-23,25H,14-15H2,1H3/t21-,22+,23?. The maximum Gasteiger partial charge on any atom is 0.243 e. The van der Waals surface area contributed by atoms with Crippen LogP contribution in [0.1, 0.15) is 17.0 Å². The summed E-state index contributed by atoms with van der Waals surface area (Å²) in [5, 5.41) is 3.52. The Morgan fingerprint density at radius 2 is 1.72 bits per heavy atom. The molecule has 3 aliphatic heterocycles. The van der Waals surface area contributed by atoms with E-state index in [1.165, 1.54) is 5.56 Å². The number of nitrogens with one attached hydrogen (secondary N) is 1. The molecule has 3 aromatic rings. The summed E-state index contributed by atoms with van der Waals surface area (Å²) in [6.07, 6.45) is 3.64. The van der Waals surface area contributed by atoms with Gasteiger partial charge in [0.25, 0.3) is 0 Å². The fourth-order valence-electron chi connectivity index (χ4n) is 4.51. The van der Waals surface area contributed by atoms with Crippen LogP contribution in [0.5, 0.6) is 0 Å². The van der Waals surface area contributed by atoms with E-state index in [9.17, 15) is 8.42 Å². The quantitative estimate of drug-likeness (QED) is 0.724. The number of nitrogens with zero attached hydrogens (tertiary/aromatic N) is 2. The van der Waals surface area contributed by atoms with E-state index in [1.54, 1.807) is 28.7 Å². The maximum absolute atomic E-state index is 13.0. The van der Waals surface area contributed by atoms with E-state index in [0.717, 1.165) is 16.7 Å². The summed E-state index contributed by atoms with van der Waals surface area (Å²) < 4.78 is 27.7. The van der Waals surface area contributed by atoms with Crippen LogP contribution in [0, 0.1) is 6.92 Å². The van der Waals surface area contributed by atoms with Gasteiger partial charge < -0.3 is 5.32 Å². The molecule has 6 heteroatoms. The van der Waals surface area contributed by atoms with Crippen LogP contribution in [0.15, 0.2) is 78.0 Å². The Morgan fingerprint density at radius 3 is 2.38 bits per heavy atom. The predicted octanol–water partition coefficient (Wildman–Crippen LogP) is 3.19. The molecule has 0 radical (unpaired) electrons. The fraction of sp³-hybridized carbons (Fsp3) is 0.261. The number of fused-ring (bicyclic) bond motifs is 2. The Morgan fingerprint density at radius 1 is 0.966 bits per heavy atom. The van der Waals surface area contributed by atoms with E-state index in [0.29, 0.717) is 23.9 Å². The number of hydrogen-bond donors (Lipinski definition) is 1. The lowest BCUT2D eigenvalue weighted by molar-refractivity contribution is 0.102. The minimum atomic E-state index is -3.45. The van der Waals surface area contributed by atoms with Gasteiger partial charge >= 0.3 is 0 Å². The molecule has 3 saturated heterocycles. The number of piperidine rings is 1. The highest BCUT2D eigenvalue weighted by Crippen LogP contribution is 2.39. The van der Waals surface area contributed by atoms with Crippen molar-refractivity contribution in [3.05, 3.63) is 84.2 Å². The fourth-order valence-corrected chi connectivity index (χ4v) is 6.10. The number of sulfonamides is 1. The molecule has 148 valence electrons. The second kappa shape index (κ2) is 7.06. The summed E-state index contributed by atoms with van der Waals surface area (Å²) in [6.45, 7) is 2.92. The largest absolute Gasteiger partial charge is 0.307 e. The average molecular weight is 406 g/mol. The summed E-state index contributed by atoms with van der Waals surface area (Å²) in [4.78, 5) is 4.57. The molecular weight excluding hydrogens is 382 g/mol. The first-order valence-corrected chi connectivity index (χ1v) is 11.3. The topological polar surface area (TPSA) is 62.3 Å². The first-order valence-electron chi connectivity index (χ1n) is 9.85. The van der Waals surface area contributed by atoms with Gasteiger partial charge in [-0.3, -0.25) is 4.98 Å². The minimum Gasteiger partial charge on any atom is -0.307 e. The van der Waals surface area contributed by atoms with E-state index in [4.69, 9.17) is 0 Å². The summed E-state index contributed by atoms with van der Waals surface area (Å²) in [5.41, 5.74) is 4.46. The molecule has 3 aliphatic rings. The molecule has 3 atom stereocenters. The second-order valence-electron chi connectivity index (χ2n) is 7.91. The third-order valence-electron chi connectivity index (χ3n) is 6.01. The zero-order chi connectivity index (χ0) is 20.0. The molecule has 0 aliphatic carbocycles. The molecule has 0 spiro atoms. The van der Waals surface area contributed by atoms with E-state index in [1.807, 2.05) is 25.3 Å². The van der Waals surface area contributed by atoms with Crippen molar-refractivity contribution in [1.82, 2.24) is 14.6 Å². The van der Waals surface area contributed by atoms with Crippen LogP contribution in [0.25, 0.3) is 11.1 Å². The Balaban J connectivity index is 1.33. The van der Waals surface area contributed by atoms with E-state index in [-0.39, 0.29) is 12.1 Å². The molecule has 2 bridgehead atoms. The lowest BCUT2D eigenvalue weighted by Gasteiger charge is -2.54. The third kappa shape index (κ3) is 3.27. The molecule has 29 heavy (non-hydrogen) atoms. The predicted molar refractivity (Wildman–Crippen MR) is 113 cm³/mol. The van der Waals surface area contributed by atoms with Crippen LogP contribution in [-0.4, -0.2) is 42.9 Å². The van der Waals surface area contributed by atoms with Crippen molar-refractivity contribution in [1.29, 1.82) is 0 Å². The minimum absolute atomic E-state index is 0.151. The van der Waals surface area contributed by atoms with Crippen molar-refractivity contribution >= 4 is 10.0 Å². The van der Waals surface area contributed by atoms with Gasteiger partial charge in [-0.1, -0.05) is 42.5 Å². The summed E-state index contributed by atoms with van der Waals surface area (Å²) in [6, 6.07) is 20.0. The van der Waals surface area contributed by atoms with Crippen LogP contribution in [0.4, 0.5) is 0 Å². The van der Waals surface area contributed by atoms with Crippen LogP contribution < -0.4 is 5.32 Å². The smallest absolute Gasteiger partial charge is 0.243 e. The van der Waals surface area contributed by atoms with Gasteiger partial charge in [-0.05, 0) is 47.4 Å². The second-order valence-corrected chi connectivity index (χ2v) is 9.85. The van der Waals surface area contributed by atoms with E-state index in [2.05, 4.69) is 40.6 Å².